The Kier molecular flexibility index (Phi) is 3.64. The van der Waals surface area contributed by atoms with Crippen LogP contribution in [0.4, 0.5) is 0 Å². The molecule has 1 aromatic carbocycles. The van der Waals surface area contributed by atoms with Crippen LogP contribution >= 0.6 is 11.6 Å². The average Bonchev–Trinajstić information content (AvgIpc) is 2.48. The van der Waals surface area contributed by atoms with Crippen molar-refractivity contribution in [1.29, 1.82) is 0 Å². The van der Waals surface area contributed by atoms with E-state index in [0.717, 1.165) is 0 Å². The Hall–Kier alpha value is -1.21. The van der Waals surface area contributed by atoms with Crippen LogP contribution in [0.15, 0.2) is 35.4 Å². The number of benzene rings is 1. The molecular weight excluding hydrogens is 300 g/mol. The molecular formula is C13H13ClN2O3S. The summed E-state index contributed by atoms with van der Waals surface area (Å²) in [7, 11) is -3.63. The molecule has 0 atom stereocenters. The van der Waals surface area contributed by atoms with E-state index < -0.39 is 10.0 Å². The van der Waals surface area contributed by atoms with Gasteiger partial charge in [0, 0.05) is 24.7 Å². The molecule has 5 nitrogen and oxygen atoms in total. The fourth-order valence-corrected chi connectivity index (χ4v) is 4.13. The minimum atomic E-state index is -3.63. The van der Waals surface area contributed by atoms with Crippen molar-refractivity contribution in [2.75, 3.05) is 26.3 Å². The van der Waals surface area contributed by atoms with Crippen LogP contribution in [0.3, 0.4) is 0 Å². The lowest BCUT2D eigenvalue weighted by Gasteiger charge is -2.26. The van der Waals surface area contributed by atoms with Gasteiger partial charge in [-0.3, -0.25) is 4.98 Å². The van der Waals surface area contributed by atoms with Crippen LogP contribution in [0.1, 0.15) is 0 Å². The summed E-state index contributed by atoms with van der Waals surface area (Å²) in [4.78, 5) is 4.24. The maximum Gasteiger partial charge on any atom is 0.246 e. The van der Waals surface area contributed by atoms with Gasteiger partial charge in [-0.25, -0.2) is 8.42 Å². The third-order valence-corrected chi connectivity index (χ3v) is 5.70. The quantitative estimate of drug-likeness (QED) is 0.850. The minimum Gasteiger partial charge on any atom is -0.379 e. The fourth-order valence-electron chi connectivity index (χ4n) is 2.20. The Morgan fingerprint density at radius 2 is 1.90 bits per heavy atom. The predicted octanol–water partition coefficient (Wildman–Crippen LogP) is 1.91. The van der Waals surface area contributed by atoms with Gasteiger partial charge in [-0.15, -0.1) is 0 Å². The maximum absolute atomic E-state index is 12.6. The molecule has 0 radical (unpaired) electrons. The number of aromatic nitrogens is 1. The van der Waals surface area contributed by atoms with Gasteiger partial charge in [0.1, 0.15) is 4.90 Å². The van der Waals surface area contributed by atoms with E-state index in [1.165, 1.54) is 10.5 Å². The number of sulfonamides is 1. The molecule has 0 unspecified atom stereocenters. The molecule has 7 heteroatoms. The Balaban J connectivity index is 2.11. The minimum absolute atomic E-state index is 0.0553. The van der Waals surface area contributed by atoms with Crippen molar-refractivity contribution < 1.29 is 13.2 Å². The first kappa shape index (κ1) is 13.8. The van der Waals surface area contributed by atoms with Gasteiger partial charge in [0.05, 0.1) is 23.8 Å². The second-order valence-electron chi connectivity index (χ2n) is 4.47. The zero-order valence-corrected chi connectivity index (χ0v) is 12.2. The van der Waals surface area contributed by atoms with E-state index in [-0.39, 0.29) is 9.92 Å². The number of hydrogen-bond donors (Lipinski definition) is 0. The first-order valence-electron chi connectivity index (χ1n) is 6.22. The highest BCUT2D eigenvalue weighted by atomic mass is 35.5. The summed E-state index contributed by atoms with van der Waals surface area (Å²) in [5.41, 5.74) is 0.679. The largest absolute Gasteiger partial charge is 0.379 e. The van der Waals surface area contributed by atoms with Gasteiger partial charge in [-0.05, 0) is 6.07 Å². The molecule has 1 aromatic heterocycles. The molecule has 0 N–H and O–H groups in total. The van der Waals surface area contributed by atoms with Crippen LogP contribution in [0.25, 0.3) is 10.9 Å². The Morgan fingerprint density at radius 3 is 2.65 bits per heavy atom. The fraction of sp³-hybridized carbons (Fsp3) is 0.308. The predicted molar refractivity (Wildman–Crippen MR) is 76.3 cm³/mol. The van der Waals surface area contributed by atoms with Crippen molar-refractivity contribution in [3.8, 4) is 0 Å². The van der Waals surface area contributed by atoms with Gasteiger partial charge in [0.25, 0.3) is 0 Å². The van der Waals surface area contributed by atoms with Gasteiger partial charge in [0.15, 0.2) is 0 Å². The Labute approximate surface area is 122 Å². The molecule has 1 aliphatic heterocycles. The van der Waals surface area contributed by atoms with Crippen LogP contribution in [-0.4, -0.2) is 44.0 Å². The molecule has 1 fully saturated rings. The van der Waals surface area contributed by atoms with Gasteiger partial charge in [0.2, 0.25) is 10.0 Å². The van der Waals surface area contributed by atoms with Crippen molar-refractivity contribution in [2.45, 2.75) is 4.90 Å². The number of rotatable bonds is 2. The Morgan fingerprint density at radius 1 is 1.20 bits per heavy atom. The number of ether oxygens (including phenoxy) is 1. The number of morpholine rings is 1. The summed E-state index contributed by atoms with van der Waals surface area (Å²) in [6, 6.07) is 7.21. The molecule has 20 heavy (non-hydrogen) atoms. The normalized spacial score (nSPS) is 17.4. The highest BCUT2D eigenvalue weighted by molar-refractivity contribution is 7.89. The number of halogens is 1. The van der Waals surface area contributed by atoms with E-state index in [9.17, 15) is 8.42 Å². The van der Waals surface area contributed by atoms with E-state index in [1.807, 2.05) is 6.07 Å². The van der Waals surface area contributed by atoms with Gasteiger partial charge >= 0.3 is 0 Å². The SMILES string of the molecule is O=S(=O)(c1cnc2ccccc2c1Cl)N1CCOCC1. The number of fused-ring (bicyclic) bond motifs is 1. The lowest BCUT2D eigenvalue weighted by atomic mass is 10.2. The van der Waals surface area contributed by atoms with Crippen LogP contribution in [0, 0.1) is 0 Å². The van der Waals surface area contributed by atoms with Crippen molar-refractivity contribution in [1.82, 2.24) is 9.29 Å². The molecule has 0 amide bonds. The lowest BCUT2D eigenvalue weighted by molar-refractivity contribution is 0.0730. The molecule has 2 aromatic rings. The molecule has 0 saturated carbocycles. The van der Waals surface area contributed by atoms with Crippen molar-refractivity contribution in [3.63, 3.8) is 0 Å². The molecule has 1 aliphatic rings. The third-order valence-electron chi connectivity index (χ3n) is 3.27. The van der Waals surface area contributed by atoms with E-state index in [0.29, 0.717) is 37.2 Å². The van der Waals surface area contributed by atoms with Crippen molar-refractivity contribution >= 4 is 32.5 Å². The maximum atomic E-state index is 12.6. The zero-order chi connectivity index (χ0) is 14.2. The number of para-hydroxylation sites is 1. The molecule has 3 rings (SSSR count). The standard InChI is InChI=1S/C13H13ClN2O3S/c14-13-10-3-1-2-4-11(10)15-9-12(13)20(17,18)16-5-7-19-8-6-16/h1-4,9H,5-8H2. The summed E-state index contributed by atoms with van der Waals surface area (Å²) in [6.07, 6.45) is 1.33. The van der Waals surface area contributed by atoms with E-state index in [2.05, 4.69) is 4.98 Å². The highest BCUT2D eigenvalue weighted by Crippen LogP contribution is 2.30. The number of hydrogen-bond acceptors (Lipinski definition) is 4. The second kappa shape index (κ2) is 5.29. The zero-order valence-electron chi connectivity index (χ0n) is 10.6. The lowest BCUT2D eigenvalue weighted by Crippen LogP contribution is -2.40. The van der Waals surface area contributed by atoms with Crippen LogP contribution in [0.2, 0.25) is 5.02 Å². The first-order valence-corrected chi connectivity index (χ1v) is 8.03. The molecule has 2 heterocycles. The number of nitrogens with zero attached hydrogens (tertiary/aromatic N) is 2. The second-order valence-corrected chi connectivity index (χ2v) is 6.75. The summed E-state index contributed by atoms with van der Waals surface area (Å²) in [6.45, 7) is 1.48. The molecule has 0 aliphatic carbocycles. The smallest absolute Gasteiger partial charge is 0.246 e. The summed E-state index contributed by atoms with van der Waals surface area (Å²) >= 11 is 6.27. The molecule has 106 valence electrons. The summed E-state index contributed by atoms with van der Waals surface area (Å²) < 4.78 is 31.8. The molecule has 0 spiro atoms. The number of pyridine rings is 1. The molecule has 1 saturated heterocycles. The van der Waals surface area contributed by atoms with E-state index >= 15 is 0 Å². The van der Waals surface area contributed by atoms with Gasteiger partial charge in [-0.1, -0.05) is 29.8 Å². The van der Waals surface area contributed by atoms with E-state index in [1.54, 1.807) is 18.2 Å². The van der Waals surface area contributed by atoms with Gasteiger partial charge in [-0.2, -0.15) is 4.31 Å². The topological polar surface area (TPSA) is 59.5 Å². The van der Waals surface area contributed by atoms with Crippen molar-refractivity contribution in [3.05, 3.63) is 35.5 Å². The average molecular weight is 313 g/mol. The van der Waals surface area contributed by atoms with E-state index in [4.69, 9.17) is 16.3 Å². The summed E-state index contributed by atoms with van der Waals surface area (Å²) in [5, 5.41) is 0.866. The Bertz CT molecular complexity index is 742. The van der Waals surface area contributed by atoms with Gasteiger partial charge < -0.3 is 4.74 Å². The summed E-state index contributed by atoms with van der Waals surface area (Å²) in [5.74, 6) is 0. The molecule has 0 bridgehead atoms. The monoisotopic (exact) mass is 312 g/mol. The first-order chi connectivity index (χ1) is 9.60. The highest BCUT2D eigenvalue weighted by Gasteiger charge is 2.29. The third kappa shape index (κ3) is 2.29. The van der Waals surface area contributed by atoms with Crippen LogP contribution in [0.5, 0.6) is 0 Å². The van der Waals surface area contributed by atoms with Crippen LogP contribution in [-0.2, 0) is 14.8 Å². The van der Waals surface area contributed by atoms with Crippen LogP contribution < -0.4 is 0 Å². The van der Waals surface area contributed by atoms with Crippen molar-refractivity contribution in [2.24, 2.45) is 0 Å².